The molecule has 2 heterocycles. The van der Waals surface area contributed by atoms with Crippen LogP contribution in [-0.2, 0) is 23.1 Å². The van der Waals surface area contributed by atoms with Gasteiger partial charge >= 0.3 is 0 Å². The van der Waals surface area contributed by atoms with Crippen molar-refractivity contribution in [3.8, 4) is 0 Å². The van der Waals surface area contributed by atoms with Crippen molar-refractivity contribution in [3.63, 3.8) is 0 Å². The smallest absolute Gasteiger partial charge is 0.243 e. The van der Waals surface area contributed by atoms with E-state index in [0.29, 0.717) is 11.5 Å². The molecule has 2 aromatic heterocycles. The third-order valence-electron chi connectivity index (χ3n) is 3.59. The maximum Gasteiger partial charge on any atom is 0.243 e. The average molecular weight is 410 g/mol. The van der Waals surface area contributed by atoms with Crippen molar-refractivity contribution < 1.29 is 17.3 Å². The molecule has 3 aromatic rings. The van der Waals surface area contributed by atoms with Gasteiger partial charge in [0.15, 0.2) is 0 Å². The van der Waals surface area contributed by atoms with Crippen molar-refractivity contribution in [2.45, 2.75) is 24.9 Å². The van der Waals surface area contributed by atoms with Gasteiger partial charge in [-0.3, -0.25) is 0 Å². The predicted molar refractivity (Wildman–Crippen MR) is 92.7 cm³/mol. The summed E-state index contributed by atoms with van der Waals surface area (Å²) < 4.78 is 39.0. The molecule has 0 radical (unpaired) electrons. The lowest BCUT2D eigenvalue weighted by molar-refractivity contribution is 0.330. The Morgan fingerprint density at radius 1 is 1.00 bits per heavy atom. The monoisotopic (exact) mass is 409 g/mol. The van der Waals surface area contributed by atoms with E-state index in [4.69, 9.17) is 8.83 Å². The Balaban J connectivity index is 1.97. The molecular formula is C17H16BrNO4S. The van der Waals surface area contributed by atoms with E-state index in [1.165, 1.54) is 16.8 Å². The highest BCUT2D eigenvalue weighted by atomic mass is 79.9. The van der Waals surface area contributed by atoms with E-state index in [0.717, 1.165) is 10.0 Å². The van der Waals surface area contributed by atoms with Crippen molar-refractivity contribution in [1.82, 2.24) is 4.31 Å². The number of sulfonamides is 1. The van der Waals surface area contributed by atoms with Gasteiger partial charge in [0.1, 0.15) is 11.5 Å². The molecule has 7 heteroatoms. The van der Waals surface area contributed by atoms with Crippen LogP contribution in [0.2, 0.25) is 0 Å². The summed E-state index contributed by atoms with van der Waals surface area (Å²) in [6, 6.07) is 11.9. The second-order valence-corrected chi connectivity index (χ2v) is 8.14. The van der Waals surface area contributed by atoms with Crippen molar-refractivity contribution in [2.24, 2.45) is 0 Å². The lowest BCUT2D eigenvalue weighted by Gasteiger charge is -2.20. The third-order valence-corrected chi connectivity index (χ3v) is 6.27. The first-order chi connectivity index (χ1) is 11.5. The minimum Gasteiger partial charge on any atom is -0.468 e. The van der Waals surface area contributed by atoms with Gasteiger partial charge < -0.3 is 8.83 Å². The van der Waals surface area contributed by atoms with E-state index in [1.54, 1.807) is 42.5 Å². The van der Waals surface area contributed by atoms with Crippen LogP contribution in [0.4, 0.5) is 0 Å². The van der Waals surface area contributed by atoms with Gasteiger partial charge in [0.05, 0.1) is 30.5 Å². The van der Waals surface area contributed by atoms with Gasteiger partial charge in [-0.2, -0.15) is 4.31 Å². The quantitative estimate of drug-likeness (QED) is 0.607. The molecule has 1 aromatic carbocycles. The second-order valence-electron chi connectivity index (χ2n) is 5.34. The highest BCUT2D eigenvalue weighted by molar-refractivity contribution is 9.10. The second kappa shape index (κ2) is 6.96. The zero-order chi connectivity index (χ0) is 17.2. The van der Waals surface area contributed by atoms with Crippen LogP contribution in [0.15, 0.2) is 73.2 Å². The zero-order valence-electron chi connectivity index (χ0n) is 13.0. The maximum atomic E-state index is 13.1. The predicted octanol–water partition coefficient (Wildman–Crippen LogP) is 4.33. The summed E-state index contributed by atoms with van der Waals surface area (Å²) in [5, 5.41) is 0. The minimum absolute atomic E-state index is 0.130. The van der Waals surface area contributed by atoms with E-state index in [-0.39, 0.29) is 18.0 Å². The molecule has 0 aliphatic rings. The van der Waals surface area contributed by atoms with Gasteiger partial charge in [0.25, 0.3) is 0 Å². The van der Waals surface area contributed by atoms with E-state index >= 15 is 0 Å². The SMILES string of the molecule is Cc1cc(S(=O)(=O)N(Cc2ccco2)Cc2ccco2)ccc1Br. The number of benzene rings is 1. The third kappa shape index (κ3) is 3.63. The summed E-state index contributed by atoms with van der Waals surface area (Å²) in [5.41, 5.74) is 0.854. The van der Waals surface area contributed by atoms with Gasteiger partial charge in [0, 0.05) is 4.47 Å². The Morgan fingerprint density at radius 3 is 2.04 bits per heavy atom. The Morgan fingerprint density at radius 2 is 1.58 bits per heavy atom. The molecule has 0 spiro atoms. The van der Waals surface area contributed by atoms with E-state index in [2.05, 4.69) is 15.9 Å². The first-order valence-electron chi connectivity index (χ1n) is 7.28. The number of hydrogen-bond donors (Lipinski definition) is 0. The first kappa shape index (κ1) is 17.0. The summed E-state index contributed by atoms with van der Waals surface area (Å²) >= 11 is 3.39. The summed E-state index contributed by atoms with van der Waals surface area (Å²) in [6.07, 6.45) is 3.05. The summed E-state index contributed by atoms with van der Waals surface area (Å²) in [4.78, 5) is 0.237. The molecule has 3 rings (SSSR count). The average Bonchev–Trinajstić information content (AvgIpc) is 3.23. The van der Waals surface area contributed by atoms with E-state index in [9.17, 15) is 8.42 Å². The topological polar surface area (TPSA) is 63.7 Å². The fraction of sp³-hybridized carbons (Fsp3) is 0.176. The molecule has 0 saturated heterocycles. The molecule has 0 saturated carbocycles. The summed E-state index contributed by atoms with van der Waals surface area (Å²) in [5.74, 6) is 1.14. The molecule has 0 N–H and O–H groups in total. The van der Waals surface area contributed by atoms with Crippen LogP contribution in [0.3, 0.4) is 0 Å². The van der Waals surface area contributed by atoms with Crippen LogP contribution < -0.4 is 0 Å². The number of hydrogen-bond acceptors (Lipinski definition) is 4. The molecule has 126 valence electrons. The highest BCUT2D eigenvalue weighted by Crippen LogP contribution is 2.25. The van der Waals surface area contributed by atoms with Gasteiger partial charge in [-0.1, -0.05) is 15.9 Å². The normalized spacial score (nSPS) is 12.0. The Labute approximate surface area is 149 Å². The molecular weight excluding hydrogens is 394 g/mol. The summed E-state index contributed by atoms with van der Waals surface area (Å²) in [7, 11) is -3.70. The van der Waals surface area contributed by atoms with Crippen LogP contribution in [0.5, 0.6) is 0 Å². The van der Waals surface area contributed by atoms with Crippen LogP contribution in [-0.4, -0.2) is 12.7 Å². The van der Waals surface area contributed by atoms with Crippen molar-refractivity contribution >= 4 is 26.0 Å². The largest absolute Gasteiger partial charge is 0.468 e. The molecule has 0 aliphatic heterocycles. The van der Waals surface area contributed by atoms with Crippen LogP contribution >= 0.6 is 15.9 Å². The number of nitrogens with zero attached hydrogens (tertiary/aromatic N) is 1. The van der Waals surface area contributed by atoms with Crippen molar-refractivity contribution in [1.29, 1.82) is 0 Å². The highest BCUT2D eigenvalue weighted by Gasteiger charge is 2.27. The lowest BCUT2D eigenvalue weighted by Crippen LogP contribution is -2.30. The van der Waals surface area contributed by atoms with Crippen molar-refractivity contribution in [3.05, 3.63) is 76.5 Å². The van der Waals surface area contributed by atoms with E-state index < -0.39 is 10.0 Å². The fourth-order valence-electron chi connectivity index (χ4n) is 2.31. The van der Waals surface area contributed by atoms with Gasteiger partial charge in [-0.15, -0.1) is 0 Å². The molecule has 0 amide bonds. The van der Waals surface area contributed by atoms with E-state index in [1.807, 2.05) is 6.92 Å². The fourth-order valence-corrected chi connectivity index (χ4v) is 4.01. The van der Waals surface area contributed by atoms with Crippen molar-refractivity contribution in [2.75, 3.05) is 0 Å². The lowest BCUT2D eigenvalue weighted by atomic mass is 10.2. The number of furan rings is 2. The number of halogens is 1. The van der Waals surface area contributed by atoms with Crippen LogP contribution in [0, 0.1) is 6.92 Å². The summed E-state index contributed by atoms with van der Waals surface area (Å²) in [6.45, 7) is 2.11. The molecule has 24 heavy (non-hydrogen) atoms. The molecule has 0 unspecified atom stereocenters. The number of rotatable bonds is 6. The molecule has 0 atom stereocenters. The Hall–Kier alpha value is -1.83. The molecule has 5 nitrogen and oxygen atoms in total. The van der Waals surface area contributed by atoms with Crippen LogP contribution in [0.25, 0.3) is 0 Å². The Kier molecular flexibility index (Phi) is 4.93. The first-order valence-corrected chi connectivity index (χ1v) is 9.51. The zero-order valence-corrected chi connectivity index (χ0v) is 15.4. The molecule has 0 fully saturated rings. The Bertz CT molecular complexity index is 866. The van der Waals surface area contributed by atoms with Gasteiger partial charge in [-0.05, 0) is 55.0 Å². The minimum atomic E-state index is -3.70. The van der Waals surface area contributed by atoms with Crippen LogP contribution in [0.1, 0.15) is 17.1 Å². The molecule has 0 aliphatic carbocycles. The maximum absolute atomic E-state index is 13.1. The standard InChI is InChI=1S/C17H16BrNO4S/c1-13-10-16(6-7-17(13)18)24(20,21)19(11-14-4-2-8-22-14)12-15-5-3-9-23-15/h2-10H,11-12H2,1H3. The van der Waals surface area contributed by atoms with Gasteiger partial charge in [0.2, 0.25) is 10.0 Å². The van der Waals surface area contributed by atoms with Gasteiger partial charge in [-0.25, -0.2) is 8.42 Å². The number of aryl methyl sites for hydroxylation is 1. The molecule has 0 bridgehead atoms.